The van der Waals surface area contributed by atoms with E-state index in [2.05, 4.69) is 39.8 Å². The summed E-state index contributed by atoms with van der Waals surface area (Å²) < 4.78 is 18.9. The molecule has 4 nitrogen and oxygen atoms in total. The van der Waals surface area contributed by atoms with E-state index in [1.165, 1.54) is 50.5 Å². The molecule has 40 heavy (non-hydrogen) atoms. The predicted octanol–water partition coefficient (Wildman–Crippen LogP) is 9.25. The first-order valence-corrected chi connectivity index (χ1v) is 16.4. The van der Waals surface area contributed by atoms with Crippen molar-refractivity contribution in [2.24, 2.45) is 0 Å². The third-order valence-electron chi connectivity index (χ3n) is 6.96. The molecule has 2 aromatic carbocycles. The van der Waals surface area contributed by atoms with Crippen molar-refractivity contribution in [3.63, 3.8) is 0 Å². The number of hydrogen-bond donors (Lipinski definition) is 0. The van der Waals surface area contributed by atoms with Crippen LogP contribution in [-0.2, 0) is 0 Å². The van der Waals surface area contributed by atoms with Gasteiger partial charge in [-0.3, -0.25) is 4.79 Å². The fourth-order valence-corrected chi connectivity index (χ4v) is 6.14. The van der Waals surface area contributed by atoms with Crippen molar-refractivity contribution in [3.05, 3.63) is 46.5 Å². The zero-order chi connectivity index (χ0) is 28.5. The molecule has 1 unspecified atom stereocenters. The monoisotopic (exact) mass is 563 g/mol. The van der Waals surface area contributed by atoms with Crippen molar-refractivity contribution in [1.82, 2.24) is 0 Å². The quantitative estimate of drug-likeness (QED) is 0.0863. The summed E-state index contributed by atoms with van der Waals surface area (Å²) in [6.07, 6.45) is 13.7. The van der Waals surface area contributed by atoms with Gasteiger partial charge in [0.25, 0.3) is 0 Å². The van der Waals surface area contributed by atoms with Gasteiger partial charge in [-0.2, -0.15) is 0 Å². The number of rotatable bonds is 21. The van der Waals surface area contributed by atoms with Gasteiger partial charge < -0.3 is 14.2 Å². The molecule has 2 rings (SSSR count). The third-order valence-corrected chi connectivity index (χ3v) is 8.18. The normalized spacial score (nSPS) is 11.1. The molecule has 1 atom stereocenters. The zero-order valence-corrected chi connectivity index (χ0v) is 27.5. The van der Waals surface area contributed by atoms with Gasteiger partial charge in [0.1, 0.15) is 17.2 Å². The molecule has 219 valence electrons. The standard InChI is InChI=1S/C34H53O4P.Li/c1-7-10-13-16-19-36-29-24-30(37-20-17-14-11-8-2)33(31(25-29)38-21-18-15-12-9-3)39-34(35)32-27(5)22-26(4)23-28(32)6;/h22-25,39H,7-21H2,1-6H3;. The molecule has 0 spiro atoms. The van der Waals surface area contributed by atoms with Crippen LogP contribution < -0.4 is 19.5 Å². The van der Waals surface area contributed by atoms with E-state index in [0.717, 1.165) is 71.3 Å². The average Bonchev–Trinajstić information content (AvgIpc) is 2.89. The Bertz CT molecular complexity index is 949. The summed E-state index contributed by atoms with van der Waals surface area (Å²) in [4.78, 5) is 13.7. The molecule has 0 aliphatic heterocycles. The van der Waals surface area contributed by atoms with E-state index in [1.54, 1.807) is 0 Å². The number of benzene rings is 2. The van der Waals surface area contributed by atoms with Crippen molar-refractivity contribution >= 4 is 38.3 Å². The number of aryl methyl sites for hydroxylation is 3. The van der Waals surface area contributed by atoms with Crippen LogP contribution >= 0.6 is 8.58 Å². The second-order valence-electron chi connectivity index (χ2n) is 10.7. The van der Waals surface area contributed by atoms with Crippen LogP contribution in [0.25, 0.3) is 0 Å². The van der Waals surface area contributed by atoms with Gasteiger partial charge in [-0.1, -0.05) is 96.3 Å². The molecule has 0 N–H and O–H groups in total. The summed E-state index contributed by atoms with van der Waals surface area (Å²) in [5.41, 5.74) is 4.18. The molecule has 0 saturated heterocycles. The topological polar surface area (TPSA) is 44.8 Å². The minimum atomic E-state index is -0.0785. The van der Waals surface area contributed by atoms with E-state index in [-0.39, 0.29) is 33.0 Å². The molecule has 0 aliphatic carbocycles. The summed E-state index contributed by atoms with van der Waals surface area (Å²) in [7, 11) is -0.0785. The molecule has 0 aliphatic rings. The van der Waals surface area contributed by atoms with Crippen molar-refractivity contribution in [2.75, 3.05) is 19.8 Å². The van der Waals surface area contributed by atoms with Crippen LogP contribution in [0.1, 0.15) is 125 Å². The van der Waals surface area contributed by atoms with Crippen LogP contribution in [0.15, 0.2) is 24.3 Å². The fourth-order valence-electron chi connectivity index (χ4n) is 4.86. The maximum atomic E-state index is 13.7. The van der Waals surface area contributed by atoms with Crippen molar-refractivity contribution in [3.8, 4) is 17.2 Å². The summed E-state index contributed by atoms with van der Waals surface area (Å²) in [5, 5.41) is 0.865. The van der Waals surface area contributed by atoms with Crippen LogP contribution in [0.2, 0.25) is 0 Å². The molecular formula is C34H53LiO4P. The van der Waals surface area contributed by atoms with Gasteiger partial charge in [-0.15, -0.1) is 0 Å². The summed E-state index contributed by atoms with van der Waals surface area (Å²) in [5.74, 6) is 2.23. The smallest absolute Gasteiger partial charge is 0.186 e. The van der Waals surface area contributed by atoms with Crippen LogP contribution in [0, 0.1) is 20.8 Å². The van der Waals surface area contributed by atoms with E-state index in [0.29, 0.717) is 19.8 Å². The first-order valence-electron chi connectivity index (χ1n) is 15.4. The molecule has 0 fully saturated rings. The number of carbonyl (C=O) groups excluding carboxylic acids is 1. The van der Waals surface area contributed by atoms with E-state index in [4.69, 9.17) is 14.2 Å². The number of unbranched alkanes of at least 4 members (excludes halogenated alkanes) is 9. The van der Waals surface area contributed by atoms with Gasteiger partial charge in [-0.05, 0) is 59.7 Å². The van der Waals surface area contributed by atoms with Gasteiger partial charge >= 0.3 is 0 Å². The third kappa shape index (κ3) is 13.0. The molecule has 0 heterocycles. The Morgan fingerprint density at radius 1 is 0.625 bits per heavy atom. The fraction of sp³-hybridized carbons (Fsp3) is 0.618. The molecule has 0 saturated carbocycles. The number of ether oxygens (including phenoxy) is 3. The summed E-state index contributed by atoms with van der Waals surface area (Å²) in [6.45, 7) is 14.7. The Balaban J connectivity index is 0.00000800. The van der Waals surface area contributed by atoms with Crippen molar-refractivity contribution in [1.29, 1.82) is 0 Å². The molecule has 0 amide bonds. The minimum Gasteiger partial charge on any atom is -0.493 e. The van der Waals surface area contributed by atoms with E-state index < -0.39 is 0 Å². The van der Waals surface area contributed by atoms with Gasteiger partial charge in [0.2, 0.25) is 0 Å². The van der Waals surface area contributed by atoms with Crippen molar-refractivity contribution < 1.29 is 19.0 Å². The van der Waals surface area contributed by atoms with E-state index >= 15 is 0 Å². The second-order valence-corrected chi connectivity index (χ2v) is 12.0. The van der Waals surface area contributed by atoms with Crippen molar-refractivity contribution in [2.45, 2.75) is 119 Å². The van der Waals surface area contributed by atoms with Gasteiger partial charge in [0, 0.05) is 36.6 Å². The Morgan fingerprint density at radius 2 is 1.05 bits per heavy atom. The first kappa shape index (κ1) is 36.6. The molecular weight excluding hydrogens is 510 g/mol. The summed E-state index contributed by atoms with van der Waals surface area (Å²) >= 11 is 0. The maximum Gasteiger partial charge on any atom is 0.186 e. The van der Waals surface area contributed by atoms with E-state index in [9.17, 15) is 4.79 Å². The van der Waals surface area contributed by atoms with Crippen LogP contribution in [-0.4, -0.2) is 44.2 Å². The van der Waals surface area contributed by atoms with Crippen LogP contribution in [0.3, 0.4) is 0 Å². The van der Waals surface area contributed by atoms with Gasteiger partial charge in [-0.25, -0.2) is 0 Å². The Hall–Kier alpha value is -1.46. The minimum absolute atomic E-state index is 0. The maximum absolute atomic E-state index is 13.7. The van der Waals surface area contributed by atoms with Crippen LogP contribution in [0.5, 0.6) is 17.2 Å². The Morgan fingerprint density at radius 3 is 1.48 bits per heavy atom. The Kier molecular flexibility index (Phi) is 19.4. The first-order chi connectivity index (χ1) is 18.9. The second kappa shape index (κ2) is 21.3. The summed E-state index contributed by atoms with van der Waals surface area (Å²) in [6, 6.07) is 8.15. The molecule has 2 aromatic rings. The zero-order valence-electron chi connectivity index (χ0n) is 26.5. The van der Waals surface area contributed by atoms with Gasteiger partial charge in [0.15, 0.2) is 5.52 Å². The molecule has 0 bridgehead atoms. The molecule has 1 radical (unpaired) electrons. The average molecular weight is 564 g/mol. The van der Waals surface area contributed by atoms with Gasteiger partial charge in [0.05, 0.1) is 25.1 Å². The SMILES string of the molecule is CCCCCCOc1cc(OCCCCCC)c(PC(=O)c2c(C)cc(C)cc2C)c(OCCCCCC)c1.[Li]. The number of hydrogen-bond acceptors (Lipinski definition) is 4. The predicted molar refractivity (Wildman–Crippen MR) is 174 cm³/mol. The van der Waals surface area contributed by atoms with E-state index in [1.807, 2.05) is 26.0 Å². The molecule has 0 aromatic heterocycles. The number of carbonyl (C=O) groups is 1. The largest absolute Gasteiger partial charge is 0.493 e. The Labute approximate surface area is 258 Å². The van der Waals surface area contributed by atoms with Crippen LogP contribution in [0.4, 0.5) is 0 Å². The molecule has 6 heteroatoms.